The average Bonchev–Trinajstić information content (AvgIpc) is 3.11. The maximum absolute atomic E-state index is 11.9. The molecule has 7 nitrogen and oxygen atoms in total. The lowest BCUT2D eigenvalue weighted by Crippen LogP contribution is -2.13. The molecule has 0 radical (unpaired) electrons. The third-order valence-corrected chi connectivity index (χ3v) is 6.26. The summed E-state index contributed by atoms with van der Waals surface area (Å²) in [6, 6.07) is 6.84. The van der Waals surface area contributed by atoms with Gasteiger partial charge in [-0.3, -0.25) is 4.79 Å². The second-order valence-electron chi connectivity index (χ2n) is 5.35. The lowest BCUT2D eigenvalue weighted by atomic mass is 10.1. The summed E-state index contributed by atoms with van der Waals surface area (Å²) in [5.41, 5.74) is 0.607. The number of carbonyl (C=O) groups is 1. The van der Waals surface area contributed by atoms with Gasteiger partial charge in [-0.15, -0.1) is 10.2 Å². The minimum Gasteiger partial charge on any atom is -0.416 e. The zero-order valence-corrected chi connectivity index (χ0v) is 14.8. The smallest absolute Gasteiger partial charge is 0.277 e. The topological polar surface area (TPSA) is 102 Å². The molecule has 0 saturated carbocycles. The van der Waals surface area contributed by atoms with Gasteiger partial charge in [-0.05, 0) is 24.6 Å². The number of amides is 1. The van der Waals surface area contributed by atoms with Crippen LogP contribution >= 0.6 is 23.4 Å². The molecule has 1 fully saturated rings. The van der Waals surface area contributed by atoms with E-state index < -0.39 is 9.84 Å². The molecule has 1 atom stereocenters. The summed E-state index contributed by atoms with van der Waals surface area (Å²) in [6.45, 7) is 0. The van der Waals surface area contributed by atoms with Crippen LogP contribution in [0.5, 0.6) is 0 Å². The standard InChI is InChI=1S/C14H14ClN3O4S2/c15-10-2-1-3-11(6-10)16-12(19)7-23-14-18-17-13(22-14)9-4-5-24(20,21)8-9/h1-3,6,9H,4-5,7-8H2,(H,16,19)/t9-/m0/s1. The number of hydrogen-bond acceptors (Lipinski definition) is 7. The van der Waals surface area contributed by atoms with Gasteiger partial charge in [0.25, 0.3) is 5.22 Å². The van der Waals surface area contributed by atoms with Gasteiger partial charge in [0.05, 0.1) is 23.2 Å². The Balaban J connectivity index is 1.53. The molecule has 1 N–H and O–H groups in total. The minimum atomic E-state index is -3.01. The van der Waals surface area contributed by atoms with Crippen LogP contribution in [0.1, 0.15) is 18.2 Å². The highest BCUT2D eigenvalue weighted by Crippen LogP contribution is 2.29. The van der Waals surface area contributed by atoms with Gasteiger partial charge in [-0.25, -0.2) is 8.42 Å². The van der Waals surface area contributed by atoms with E-state index in [2.05, 4.69) is 15.5 Å². The van der Waals surface area contributed by atoms with Gasteiger partial charge in [-0.2, -0.15) is 0 Å². The minimum absolute atomic E-state index is 0.0363. The van der Waals surface area contributed by atoms with Crippen molar-refractivity contribution < 1.29 is 17.6 Å². The van der Waals surface area contributed by atoms with Crippen molar-refractivity contribution in [2.75, 3.05) is 22.6 Å². The molecular weight excluding hydrogens is 374 g/mol. The summed E-state index contributed by atoms with van der Waals surface area (Å²) in [6.07, 6.45) is 0.490. The van der Waals surface area contributed by atoms with Crippen molar-refractivity contribution in [3.05, 3.63) is 35.2 Å². The molecular formula is C14H14ClN3O4S2. The van der Waals surface area contributed by atoms with Gasteiger partial charge in [-0.1, -0.05) is 29.4 Å². The molecule has 0 spiro atoms. The fraction of sp³-hybridized carbons (Fsp3) is 0.357. The van der Waals surface area contributed by atoms with Crippen molar-refractivity contribution in [3.63, 3.8) is 0 Å². The van der Waals surface area contributed by atoms with Crippen molar-refractivity contribution in [2.45, 2.75) is 17.6 Å². The quantitative estimate of drug-likeness (QED) is 0.785. The van der Waals surface area contributed by atoms with Crippen LogP contribution in [0.15, 0.2) is 33.9 Å². The Morgan fingerprint density at radius 3 is 2.96 bits per heavy atom. The summed E-state index contributed by atoms with van der Waals surface area (Å²) < 4.78 is 28.4. The van der Waals surface area contributed by atoms with Gasteiger partial charge in [0.1, 0.15) is 0 Å². The maximum Gasteiger partial charge on any atom is 0.277 e. The molecule has 128 valence electrons. The first-order valence-corrected chi connectivity index (χ1v) is 10.3. The number of benzene rings is 1. The van der Waals surface area contributed by atoms with E-state index in [4.69, 9.17) is 16.0 Å². The van der Waals surface area contributed by atoms with Gasteiger partial charge in [0, 0.05) is 10.7 Å². The van der Waals surface area contributed by atoms with Crippen molar-refractivity contribution >= 4 is 44.8 Å². The van der Waals surface area contributed by atoms with E-state index in [0.717, 1.165) is 11.8 Å². The molecule has 1 aliphatic rings. The van der Waals surface area contributed by atoms with E-state index in [-0.39, 0.29) is 34.3 Å². The van der Waals surface area contributed by atoms with E-state index in [0.29, 0.717) is 23.0 Å². The molecule has 10 heteroatoms. The third kappa shape index (κ3) is 4.49. The molecule has 1 aliphatic heterocycles. The molecule has 0 aliphatic carbocycles. The molecule has 2 aromatic rings. The Morgan fingerprint density at radius 2 is 2.25 bits per heavy atom. The molecule has 1 saturated heterocycles. The summed E-state index contributed by atoms with van der Waals surface area (Å²) in [7, 11) is -3.01. The summed E-state index contributed by atoms with van der Waals surface area (Å²) in [4.78, 5) is 11.9. The number of carbonyl (C=O) groups excluding carboxylic acids is 1. The van der Waals surface area contributed by atoms with E-state index in [1.165, 1.54) is 0 Å². The predicted octanol–water partition coefficient (Wildman–Crippen LogP) is 2.36. The number of sulfone groups is 1. The van der Waals surface area contributed by atoms with Crippen molar-refractivity contribution in [1.29, 1.82) is 0 Å². The molecule has 0 bridgehead atoms. The van der Waals surface area contributed by atoms with Crippen LogP contribution in [-0.2, 0) is 14.6 Å². The van der Waals surface area contributed by atoms with E-state index >= 15 is 0 Å². The molecule has 1 aromatic carbocycles. The first kappa shape index (κ1) is 17.2. The number of rotatable bonds is 5. The Kier molecular flexibility index (Phi) is 5.12. The van der Waals surface area contributed by atoms with Crippen LogP contribution in [0.25, 0.3) is 0 Å². The van der Waals surface area contributed by atoms with E-state index in [1.807, 2.05) is 0 Å². The van der Waals surface area contributed by atoms with Gasteiger partial charge < -0.3 is 9.73 Å². The van der Waals surface area contributed by atoms with Crippen LogP contribution in [0, 0.1) is 0 Å². The number of halogens is 1. The molecule has 1 amide bonds. The van der Waals surface area contributed by atoms with Crippen LogP contribution in [0.4, 0.5) is 5.69 Å². The third-order valence-electron chi connectivity index (χ3n) is 3.44. The summed E-state index contributed by atoms with van der Waals surface area (Å²) in [5, 5.41) is 11.2. The summed E-state index contributed by atoms with van der Waals surface area (Å²) in [5.74, 6) is 0.104. The monoisotopic (exact) mass is 387 g/mol. The molecule has 1 aromatic heterocycles. The van der Waals surface area contributed by atoms with Crippen molar-refractivity contribution in [3.8, 4) is 0 Å². The van der Waals surface area contributed by atoms with Crippen LogP contribution in [0.2, 0.25) is 5.02 Å². The average molecular weight is 388 g/mol. The SMILES string of the molecule is O=C(CSc1nnc([C@H]2CCS(=O)(=O)C2)o1)Nc1cccc(Cl)c1. The molecule has 0 unspecified atom stereocenters. The largest absolute Gasteiger partial charge is 0.416 e. The van der Waals surface area contributed by atoms with Gasteiger partial charge >= 0.3 is 0 Å². The lowest BCUT2D eigenvalue weighted by Gasteiger charge is -2.04. The number of hydrogen-bond donors (Lipinski definition) is 1. The van der Waals surface area contributed by atoms with Crippen LogP contribution in [0.3, 0.4) is 0 Å². The van der Waals surface area contributed by atoms with Crippen molar-refractivity contribution in [1.82, 2.24) is 10.2 Å². The second-order valence-corrected chi connectivity index (χ2v) is 8.95. The highest BCUT2D eigenvalue weighted by molar-refractivity contribution is 7.99. The Bertz CT molecular complexity index is 853. The number of nitrogens with one attached hydrogen (secondary N) is 1. The highest BCUT2D eigenvalue weighted by atomic mass is 35.5. The number of aromatic nitrogens is 2. The van der Waals surface area contributed by atoms with Gasteiger partial charge in [0.15, 0.2) is 9.84 Å². The van der Waals surface area contributed by atoms with Crippen molar-refractivity contribution in [2.24, 2.45) is 0 Å². The zero-order chi connectivity index (χ0) is 17.2. The van der Waals surface area contributed by atoms with Crippen LogP contribution in [-0.4, -0.2) is 41.8 Å². The normalized spacial score (nSPS) is 19.3. The first-order chi connectivity index (χ1) is 11.4. The Morgan fingerprint density at radius 1 is 1.42 bits per heavy atom. The van der Waals surface area contributed by atoms with Gasteiger partial charge in [0.2, 0.25) is 11.8 Å². The fourth-order valence-electron chi connectivity index (χ4n) is 2.32. The van der Waals surface area contributed by atoms with E-state index in [9.17, 15) is 13.2 Å². The van der Waals surface area contributed by atoms with Crippen LogP contribution < -0.4 is 5.32 Å². The molecule has 3 rings (SSSR count). The number of nitrogens with zero attached hydrogens (tertiary/aromatic N) is 2. The second kappa shape index (κ2) is 7.12. The lowest BCUT2D eigenvalue weighted by molar-refractivity contribution is -0.113. The fourth-order valence-corrected chi connectivity index (χ4v) is 4.82. The molecule has 24 heavy (non-hydrogen) atoms. The Labute approximate surface area is 148 Å². The first-order valence-electron chi connectivity index (χ1n) is 7.13. The maximum atomic E-state index is 11.9. The molecule has 2 heterocycles. The summed E-state index contributed by atoms with van der Waals surface area (Å²) >= 11 is 6.95. The van der Waals surface area contributed by atoms with E-state index in [1.54, 1.807) is 24.3 Å². The number of thioether (sulfide) groups is 1. The Hall–Kier alpha value is -1.58. The zero-order valence-electron chi connectivity index (χ0n) is 12.4. The highest BCUT2D eigenvalue weighted by Gasteiger charge is 2.32. The predicted molar refractivity (Wildman–Crippen MR) is 91.1 cm³/mol. The number of anilines is 1.